The molecule has 1 N–H and O–H groups in total. The first-order valence-electron chi connectivity index (χ1n) is 12.7. The molecule has 0 aromatic heterocycles. The number of unbranched alkanes of at least 4 members (excludes halogenated alkanes) is 4. The van der Waals surface area contributed by atoms with E-state index in [4.69, 9.17) is 4.74 Å². The maximum Gasteiger partial charge on any atom is 0.347 e. The van der Waals surface area contributed by atoms with Crippen LogP contribution in [-0.2, 0) is 25.7 Å². The Morgan fingerprint density at radius 3 is 1.62 bits per heavy atom. The zero-order valence-corrected chi connectivity index (χ0v) is 20.6. The van der Waals surface area contributed by atoms with Gasteiger partial charge >= 0.3 is 5.97 Å². The summed E-state index contributed by atoms with van der Waals surface area (Å²) in [6.07, 6.45) is 12.0. The molecule has 0 saturated carbocycles. The highest BCUT2D eigenvalue weighted by Crippen LogP contribution is 2.38. The summed E-state index contributed by atoms with van der Waals surface area (Å²) in [6, 6.07) is 9.18. The van der Waals surface area contributed by atoms with Gasteiger partial charge < -0.3 is 9.84 Å². The number of ether oxygens (including phenoxy) is 1. The molecule has 0 radical (unpaired) electrons. The summed E-state index contributed by atoms with van der Waals surface area (Å²) in [6.45, 7) is 8.75. The molecule has 0 aliphatic heterocycles. The highest BCUT2D eigenvalue weighted by atomic mass is 16.5. The van der Waals surface area contributed by atoms with Gasteiger partial charge in [0.1, 0.15) is 17.1 Å². The van der Waals surface area contributed by atoms with Crippen LogP contribution in [0.3, 0.4) is 0 Å². The SMILES string of the molecule is CCCCc1c(O)c(C(=O)Oc2ccccc2)c(CCCC)c(CCCC)c1CCCC. The average Bonchev–Trinajstić information content (AvgIpc) is 2.80. The van der Waals surface area contributed by atoms with Gasteiger partial charge in [-0.3, -0.25) is 0 Å². The van der Waals surface area contributed by atoms with Crippen molar-refractivity contribution in [2.24, 2.45) is 0 Å². The van der Waals surface area contributed by atoms with Gasteiger partial charge in [0, 0.05) is 0 Å². The molecule has 176 valence electrons. The highest BCUT2D eigenvalue weighted by Gasteiger charge is 2.27. The van der Waals surface area contributed by atoms with Gasteiger partial charge in [-0.25, -0.2) is 4.79 Å². The molecular formula is C29H42O3. The third-order valence-electron chi connectivity index (χ3n) is 6.20. The summed E-state index contributed by atoms with van der Waals surface area (Å²) in [5.41, 5.74) is 5.00. The minimum atomic E-state index is -0.433. The van der Waals surface area contributed by atoms with Gasteiger partial charge in [0.2, 0.25) is 0 Å². The van der Waals surface area contributed by atoms with Crippen molar-refractivity contribution in [1.82, 2.24) is 0 Å². The molecule has 0 aliphatic carbocycles. The fourth-order valence-electron chi connectivity index (χ4n) is 4.38. The lowest BCUT2D eigenvalue weighted by Gasteiger charge is -2.24. The molecule has 2 aromatic carbocycles. The van der Waals surface area contributed by atoms with Crippen molar-refractivity contribution >= 4 is 5.97 Å². The first-order chi connectivity index (χ1) is 15.6. The summed E-state index contributed by atoms with van der Waals surface area (Å²) < 4.78 is 5.74. The summed E-state index contributed by atoms with van der Waals surface area (Å²) >= 11 is 0. The lowest BCUT2D eigenvalue weighted by atomic mass is 9.82. The van der Waals surface area contributed by atoms with Crippen LogP contribution < -0.4 is 4.74 Å². The largest absolute Gasteiger partial charge is 0.507 e. The molecule has 0 amide bonds. The van der Waals surface area contributed by atoms with E-state index < -0.39 is 5.97 Å². The Labute approximate surface area is 195 Å². The summed E-state index contributed by atoms with van der Waals surface area (Å²) in [7, 11) is 0. The fourth-order valence-corrected chi connectivity index (χ4v) is 4.38. The Morgan fingerprint density at radius 2 is 1.12 bits per heavy atom. The van der Waals surface area contributed by atoms with E-state index in [1.165, 1.54) is 11.1 Å². The molecule has 2 aromatic rings. The van der Waals surface area contributed by atoms with Crippen LogP contribution in [0.5, 0.6) is 11.5 Å². The molecule has 0 fully saturated rings. The molecule has 0 aliphatic rings. The summed E-state index contributed by atoms with van der Waals surface area (Å²) in [4.78, 5) is 13.4. The van der Waals surface area contributed by atoms with E-state index in [1.54, 1.807) is 12.1 Å². The van der Waals surface area contributed by atoms with Gasteiger partial charge in [-0.2, -0.15) is 0 Å². The summed E-state index contributed by atoms with van der Waals surface area (Å²) in [5, 5.41) is 11.5. The van der Waals surface area contributed by atoms with Crippen LogP contribution in [0.4, 0.5) is 0 Å². The van der Waals surface area contributed by atoms with Gasteiger partial charge in [-0.05, 0) is 85.8 Å². The van der Waals surface area contributed by atoms with Crippen molar-refractivity contribution in [2.45, 2.75) is 105 Å². The lowest BCUT2D eigenvalue weighted by molar-refractivity contribution is 0.0730. The third kappa shape index (κ3) is 6.85. The highest BCUT2D eigenvalue weighted by molar-refractivity contribution is 5.97. The third-order valence-corrected chi connectivity index (χ3v) is 6.20. The van der Waals surface area contributed by atoms with Crippen LogP contribution in [0.15, 0.2) is 30.3 Å². The van der Waals surface area contributed by atoms with Crippen LogP contribution in [0, 0.1) is 0 Å². The van der Waals surface area contributed by atoms with Crippen LogP contribution in [0.1, 0.15) is 112 Å². The Morgan fingerprint density at radius 1 is 0.688 bits per heavy atom. The Bertz CT molecular complexity index is 839. The van der Waals surface area contributed by atoms with Gasteiger partial charge in [-0.15, -0.1) is 0 Å². The average molecular weight is 439 g/mol. The summed E-state index contributed by atoms with van der Waals surface area (Å²) in [5.74, 6) is 0.243. The topological polar surface area (TPSA) is 46.5 Å². The van der Waals surface area contributed by atoms with Gasteiger partial charge in [0.05, 0.1) is 0 Å². The predicted molar refractivity (Wildman–Crippen MR) is 134 cm³/mol. The Hall–Kier alpha value is -2.29. The van der Waals surface area contributed by atoms with Gasteiger partial charge in [0.15, 0.2) is 0 Å². The van der Waals surface area contributed by atoms with Crippen molar-refractivity contribution in [3.8, 4) is 11.5 Å². The van der Waals surface area contributed by atoms with Gasteiger partial charge in [0.25, 0.3) is 0 Å². The van der Waals surface area contributed by atoms with E-state index in [1.807, 2.05) is 18.2 Å². The van der Waals surface area contributed by atoms with E-state index in [0.717, 1.165) is 88.2 Å². The Kier molecular flexibility index (Phi) is 11.3. The van der Waals surface area contributed by atoms with Crippen molar-refractivity contribution in [2.75, 3.05) is 0 Å². The number of para-hydroxylation sites is 1. The van der Waals surface area contributed by atoms with Crippen LogP contribution in [0.25, 0.3) is 0 Å². The van der Waals surface area contributed by atoms with E-state index >= 15 is 0 Å². The number of carbonyl (C=O) groups excluding carboxylic acids is 1. The van der Waals surface area contributed by atoms with Crippen LogP contribution in [0.2, 0.25) is 0 Å². The second kappa shape index (κ2) is 14.0. The van der Waals surface area contributed by atoms with Crippen molar-refractivity contribution in [3.63, 3.8) is 0 Å². The van der Waals surface area contributed by atoms with Crippen molar-refractivity contribution in [1.29, 1.82) is 0 Å². The first-order valence-corrected chi connectivity index (χ1v) is 12.7. The number of aromatic hydroxyl groups is 1. The molecule has 0 unspecified atom stereocenters. The van der Waals surface area contributed by atoms with E-state index in [0.29, 0.717) is 11.3 Å². The second-order valence-corrected chi connectivity index (χ2v) is 8.75. The maximum absolute atomic E-state index is 13.4. The minimum absolute atomic E-state index is 0.164. The molecule has 0 atom stereocenters. The molecule has 0 heterocycles. The minimum Gasteiger partial charge on any atom is -0.507 e. The van der Waals surface area contributed by atoms with Crippen LogP contribution >= 0.6 is 0 Å². The predicted octanol–water partition coefficient (Wildman–Crippen LogP) is 7.98. The number of benzene rings is 2. The monoisotopic (exact) mass is 438 g/mol. The number of hydrogen-bond acceptors (Lipinski definition) is 3. The standard InChI is InChI=1S/C29H42O3/c1-5-9-18-23-24(19-10-6-2)26(21-12-8-4)28(30)27(25(23)20-11-7-3)29(31)32-22-16-14-13-15-17-22/h13-17,30H,5-12,18-21H2,1-4H3. The lowest BCUT2D eigenvalue weighted by Crippen LogP contribution is -2.17. The molecule has 2 rings (SSSR count). The molecule has 0 spiro atoms. The molecule has 0 bridgehead atoms. The van der Waals surface area contributed by atoms with Crippen molar-refractivity contribution in [3.05, 3.63) is 58.1 Å². The maximum atomic E-state index is 13.4. The van der Waals surface area contributed by atoms with E-state index in [9.17, 15) is 9.90 Å². The number of hydrogen-bond donors (Lipinski definition) is 1. The normalized spacial score (nSPS) is 11.0. The molecule has 3 nitrogen and oxygen atoms in total. The molecule has 0 saturated heterocycles. The first kappa shape index (κ1) is 26.0. The fraction of sp³-hybridized carbons (Fsp3) is 0.552. The number of phenols is 1. The zero-order valence-electron chi connectivity index (χ0n) is 20.6. The quantitative estimate of drug-likeness (QED) is 0.240. The molecule has 32 heavy (non-hydrogen) atoms. The van der Waals surface area contributed by atoms with Crippen LogP contribution in [-0.4, -0.2) is 11.1 Å². The van der Waals surface area contributed by atoms with E-state index in [2.05, 4.69) is 27.7 Å². The van der Waals surface area contributed by atoms with Crippen molar-refractivity contribution < 1.29 is 14.6 Å². The molecular weight excluding hydrogens is 396 g/mol. The van der Waals surface area contributed by atoms with E-state index in [-0.39, 0.29) is 5.75 Å². The number of esters is 1. The number of phenolic OH excluding ortho intramolecular Hbond substituents is 1. The van der Waals surface area contributed by atoms with Gasteiger partial charge in [-0.1, -0.05) is 71.6 Å². The molecule has 3 heteroatoms. The zero-order chi connectivity index (χ0) is 23.3. The second-order valence-electron chi connectivity index (χ2n) is 8.75. The number of rotatable bonds is 14. The number of carbonyl (C=O) groups is 1. The Balaban J connectivity index is 2.69. The smallest absolute Gasteiger partial charge is 0.347 e.